The zero-order valence-corrected chi connectivity index (χ0v) is 20.1. The van der Waals surface area contributed by atoms with E-state index in [0.717, 1.165) is 19.4 Å². The van der Waals surface area contributed by atoms with Crippen LogP contribution >= 0.6 is 11.3 Å². The summed E-state index contributed by atoms with van der Waals surface area (Å²) in [4.78, 5) is 36.3. The summed E-state index contributed by atoms with van der Waals surface area (Å²) in [6.07, 6.45) is 7.84. The first-order valence-corrected chi connectivity index (χ1v) is 12.0. The van der Waals surface area contributed by atoms with Crippen LogP contribution in [-0.2, 0) is 11.3 Å². The molecule has 3 rings (SSSR count). The second kappa shape index (κ2) is 12.2. The van der Waals surface area contributed by atoms with Crippen LogP contribution in [0.2, 0.25) is 0 Å². The second-order valence-corrected chi connectivity index (χ2v) is 9.17. The van der Waals surface area contributed by atoms with E-state index in [1.54, 1.807) is 24.3 Å². The third kappa shape index (κ3) is 7.42. The molecule has 0 aliphatic heterocycles. The second-order valence-electron chi connectivity index (χ2n) is 8.16. The van der Waals surface area contributed by atoms with Crippen LogP contribution in [0, 0.1) is 5.92 Å². The maximum Gasteiger partial charge on any atom is 0.269 e. The Morgan fingerprint density at radius 2 is 2.00 bits per heavy atom. The van der Waals surface area contributed by atoms with E-state index in [2.05, 4.69) is 29.1 Å². The number of benzene rings is 1. The summed E-state index contributed by atoms with van der Waals surface area (Å²) < 4.78 is 7.80. The minimum atomic E-state index is -0.677. The third-order valence-corrected chi connectivity index (χ3v) is 6.01. The monoisotopic (exact) mass is 469 g/mol. The van der Waals surface area contributed by atoms with Crippen molar-refractivity contribution < 1.29 is 14.3 Å². The van der Waals surface area contributed by atoms with Crippen molar-refractivity contribution in [2.24, 2.45) is 5.92 Å². The number of anilines is 1. The fourth-order valence-corrected chi connectivity index (χ4v) is 3.99. The molecule has 176 valence electrons. The summed E-state index contributed by atoms with van der Waals surface area (Å²) in [5, 5.41) is 3.43. The number of nitrogens with one attached hydrogen (secondary N) is 1. The van der Waals surface area contributed by atoms with E-state index in [-0.39, 0.29) is 11.8 Å². The first-order chi connectivity index (χ1) is 15.9. The molecule has 2 amide bonds. The Bertz CT molecular complexity index is 1000. The molecule has 0 saturated carbocycles. The molecule has 8 nitrogen and oxygen atoms in total. The highest BCUT2D eigenvalue weighted by atomic mass is 32.1. The average Bonchev–Trinajstić information content (AvgIpc) is 3.50. The minimum Gasteiger partial charge on any atom is -0.481 e. The van der Waals surface area contributed by atoms with Gasteiger partial charge in [-0.2, -0.15) is 0 Å². The lowest BCUT2D eigenvalue weighted by atomic mass is 10.1. The number of ether oxygens (including phenoxy) is 1. The van der Waals surface area contributed by atoms with Crippen LogP contribution in [0.1, 0.15) is 43.3 Å². The van der Waals surface area contributed by atoms with Crippen molar-refractivity contribution in [3.05, 3.63) is 60.1 Å². The molecule has 0 bridgehead atoms. The number of imidazole rings is 1. The number of carbonyl (C=O) groups is 2. The molecule has 0 aliphatic rings. The standard InChI is InChI=1S/C24H31N5O3S/c1-18(2)10-14-29(23(31)19(3)32-20-8-5-4-6-9-20)24-27-16-21(33-24)22(30)26-11-7-13-28-15-12-25-17-28/h4-6,8-9,12,15-19H,7,10-11,13-14H2,1-3H3,(H,26,30)/t19-/m1/s1. The van der Waals surface area contributed by atoms with Crippen LogP contribution in [0.4, 0.5) is 5.13 Å². The number of thiazole rings is 1. The van der Waals surface area contributed by atoms with Gasteiger partial charge in [-0.1, -0.05) is 43.4 Å². The van der Waals surface area contributed by atoms with Gasteiger partial charge in [0.1, 0.15) is 10.6 Å². The van der Waals surface area contributed by atoms with Crippen molar-refractivity contribution in [3.63, 3.8) is 0 Å². The molecule has 0 fully saturated rings. The fourth-order valence-electron chi connectivity index (χ4n) is 3.12. The number of aryl methyl sites for hydroxylation is 1. The fraction of sp³-hybridized carbons (Fsp3) is 0.417. The number of hydrogen-bond donors (Lipinski definition) is 1. The van der Waals surface area contributed by atoms with Crippen LogP contribution in [0.25, 0.3) is 0 Å². The molecular weight excluding hydrogens is 438 g/mol. The number of amides is 2. The first kappa shape index (κ1) is 24.4. The van der Waals surface area contributed by atoms with Gasteiger partial charge in [0.25, 0.3) is 11.8 Å². The van der Waals surface area contributed by atoms with Gasteiger partial charge in [0, 0.05) is 32.0 Å². The number of aromatic nitrogens is 3. The number of nitrogens with zero attached hydrogens (tertiary/aromatic N) is 4. The Labute approximate surface area is 198 Å². The van der Waals surface area contributed by atoms with Crippen molar-refractivity contribution in [2.75, 3.05) is 18.0 Å². The number of para-hydroxylation sites is 1. The van der Waals surface area contributed by atoms with E-state index in [1.165, 1.54) is 17.5 Å². The summed E-state index contributed by atoms with van der Waals surface area (Å²) in [6.45, 7) is 7.79. The molecule has 0 radical (unpaired) electrons. The maximum atomic E-state index is 13.2. The molecule has 0 saturated heterocycles. The van der Waals surface area contributed by atoms with Crippen LogP contribution in [-0.4, -0.2) is 45.5 Å². The SMILES string of the molecule is CC(C)CCN(C(=O)[C@@H](C)Oc1ccccc1)c1ncc(C(=O)NCCCn2ccnc2)s1. The number of carbonyl (C=O) groups excluding carboxylic acids is 2. The van der Waals surface area contributed by atoms with Gasteiger partial charge in [-0.25, -0.2) is 9.97 Å². The Kier molecular flexibility index (Phi) is 9.00. The topological polar surface area (TPSA) is 89.4 Å². The molecular formula is C24H31N5O3S. The average molecular weight is 470 g/mol. The maximum absolute atomic E-state index is 13.2. The molecule has 3 aromatic rings. The highest BCUT2D eigenvalue weighted by molar-refractivity contribution is 7.17. The zero-order valence-electron chi connectivity index (χ0n) is 19.3. The number of hydrogen-bond acceptors (Lipinski definition) is 6. The smallest absolute Gasteiger partial charge is 0.269 e. The molecule has 2 aromatic heterocycles. The quantitative estimate of drug-likeness (QED) is 0.405. The van der Waals surface area contributed by atoms with E-state index < -0.39 is 6.10 Å². The Hall–Kier alpha value is -3.20. The lowest BCUT2D eigenvalue weighted by Crippen LogP contribution is -2.41. The molecule has 1 atom stereocenters. The van der Waals surface area contributed by atoms with Crippen molar-refractivity contribution in [2.45, 2.75) is 46.3 Å². The van der Waals surface area contributed by atoms with E-state index in [1.807, 2.05) is 41.1 Å². The third-order valence-electron chi connectivity index (χ3n) is 4.99. The zero-order chi connectivity index (χ0) is 23.6. The highest BCUT2D eigenvalue weighted by Crippen LogP contribution is 2.25. The van der Waals surface area contributed by atoms with Crippen LogP contribution in [0.15, 0.2) is 55.2 Å². The predicted octanol–water partition coefficient (Wildman–Crippen LogP) is 4.01. The number of rotatable bonds is 12. The van der Waals surface area contributed by atoms with Crippen molar-refractivity contribution in [1.29, 1.82) is 0 Å². The molecule has 33 heavy (non-hydrogen) atoms. The predicted molar refractivity (Wildman–Crippen MR) is 130 cm³/mol. The summed E-state index contributed by atoms with van der Waals surface area (Å²) >= 11 is 1.22. The van der Waals surface area contributed by atoms with Crippen LogP contribution < -0.4 is 15.0 Å². The molecule has 9 heteroatoms. The van der Waals surface area contributed by atoms with Gasteiger partial charge in [0.15, 0.2) is 11.2 Å². The van der Waals surface area contributed by atoms with E-state index in [0.29, 0.717) is 34.8 Å². The lowest BCUT2D eigenvalue weighted by Gasteiger charge is -2.24. The van der Waals surface area contributed by atoms with Gasteiger partial charge in [-0.15, -0.1) is 0 Å². The first-order valence-electron chi connectivity index (χ1n) is 11.2. The van der Waals surface area contributed by atoms with Gasteiger partial charge < -0.3 is 14.6 Å². The molecule has 0 spiro atoms. The molecule has 0 aliphatic carbocycles. The molecule has 0 unspecified atom stereocenters. The summed E-state index contributed by atoms with van der Waals surface area (Å²) in [5.74, 6) is 0.691. The molecule has 1 N–H and O–H groups in total. The van der Waals surface area contributed by atoms with Crippen molar-refractivity contribution in [1.82, 2.24) is 19.9 Å². The summed E-state index contributed by atoms with van der Waals surface area (Å²) in [7, 11) is 0. The van der Waals surface area contributed by atoms with E-state index in [9.17, 15) is 9.59 Å². The summed E-state index contributed by atoms with van der Waals surface area (Å²) in [6, 6.07) is 9.27. The van der Waals surface area contributed by atoms with E-state index in [4.69, 9.17) is 4.74 Å². The van der Waals surface area contributed by atoms with E-state index >= 15 is 0 Å². The lowest BCUT2D eigenvalue weighted by molar-refractivity contribution is -0.124. The normalized spacial score (nSPS) is 11.9. The van der Waals surface area contributed by atoms with Gasteiger partial charge >= 0.3 is 0 Å². The van der Waals surface area contributed by atoms with Gasteiger partial charge in [-0.3, -0.25) is 14.5 Å². The largest absolute Gasteiger partial charge is 0.481 e. The molecule has 1 aromatic carbocycles. The van der Waals surface area contributed by atoms with Crippen molar-refractivity contribution >= 4 is 28.3 Å². The van der Waals surface area contributed by atoms with Crippen LogP contribution in [0.5, 0.6) is 5.75 Å². The Morgan fingerprint density at radius 1 is 1.21 bits per heavy atom. The Balaban J connectivity index is 1.61. The van der Waals surface area contributed by atoms with Gasteiger partial charge in [0.05, 0.1) is 12.5 Å². The Morgan fingerprint density at radius 3 is 2.70 bits per heavy atom. The minimum absolute atomic E-state index is 0.179. The van der Waals surface area contributed by atoms with Gasteiger partial charge in [-0.05, 0) is 37.8 Å². The van der Waals surface area contributed by atoms with Crippen molar-refractivity contribution in [3.8, 4) is 5.75 Å². The van der Waals surface area contributed by atoms with Gasteiger partial charge in [0.2, 0.25) is 0 Å². The highest BCUT2D eigenvalue weighted by Gasteiger charge is 2.26. The summed E-state index contributed by atoms with van der Waals surface area (Å²) in [5.41, 5.74) is 0. The van der Waals surface area contributed by atoms with Crippen LogP contribution in [0.3, 0.4) is 0 Å². The molecule has 2 heterocycles.